The van der Waals surface area contributed by atoms with Crippen LogP contribution in [0.5, 0.6) is 5.75 Å². The number of benzene rings is 2. The van der Waals surface area contributed by atoms with Crippen LogP contribution in [0.4, 0.5) is 5.69 Å². The van der Waals surface area contributed by atoms with Gasteiger partial charge in [-0.25, -0.2) is 0 Å². The molecule has 1 fully saturated rings. The molecule has 2 aromatic carbocycles. The van der Waals surface area contributed by atoms with E-state index in [0.29, 0.717) is 0 Å². The first-order valence-corrected chi connectivity index (χ1v) is 8.49. The van der Waals surface area contributed by atoms with Gasteiger partial charge in [-0.1, -0.05) is 48.6 Å². The molecule has 2 bridgehead atoms. The van der Waals surface area contributed by atoms with Crippen molar-refractivity contribution in [3.05, 3.63) is 60.7 Å². The van der Waals surface area contributed by atoms with Gasteiger partial charge in [0.2, 0.25) is 0 Å². The van der Waals surface area contributed by atoms with Gasteiger partial charge in [0.25, 0.3) is 0 Å². The molecule has 0 amide bonds. The summed E-state index contributed by atoms with van der Waals surface area (Å²) < 4.78 is 5.54. The summed E-state index contributed by atoms with van der Waals surface area (Å²) in [6, 6.07) is 16.9. The van der Waals surface area contributed by atoms with Crippen LogP contribution in [0.3, 0.4) is 0 Å². The molecule has 0 aromatic heterocycles. The lowest BCUT2D eigenvalue weighted by atomic mass is 9.93. The Morgan fingerprint density at radius 3 is 2.57 bits per heavy atom. The van der Waals surface area contributed by atoms with Crippen molar-refractivity contribution in [1.82, 2.24) is 0 Å². The van der Waals surface area contributed by atoms with E-state index in [-0.39, 0.29) is 0 Å². The van der Waals surface area contributed by atoms with E-state index in [1.54, 1.807) is 7.11 Å². The van der Waals surface area contributed by atoms with Gasteiger partial charge in [-0.3, -0.25) is 0 Å². The molecule has 2 aromatic rings. The third-order valence-electron chi connectivity index (χ3n) is 5.28. The quantitative estimate of drug-likeness (QED) is 0.786. The molecule has 1 saturated carbocycles. The van der Waals surface area contributed by atoms with E-state index < -0.39 is 0 Å². The van der Waals surface area contributed by atoms with Crippen molar-refractivity contribution in [2.75, 3.05) is 19.0 Å². The van der Waals surface area contributed by atoms with Gasteiger partial charge in [-0.2, -0.15) is 0 Å². The molecule has 118 valence electrons. The molecule has 0 saturated heterocycles. The highest BCUT2D eigenvalue weighted by atomic mass is 16.5. The summed E-state index contributed by atoms with van der Waals surface area (Å²) in [5.74, 6) is 3.28. The molecule has 0 radical (unpaired) electrons. The summed E-state index contributed by atoms with van der Waals surface area (Å²) in [7, 11) is 1.74. The molecule has 23 heavy (non-hydrogen) atoms. The van der Waals surface area contributed by atoms with Crippen molar-refractivity contribution in [1.29, 1.82) is 0 Å². The van der Waals surface area contributed by atoms with E-state index in [0.717, 1.165) is 35.7 Å². The first-order chi connectivity index (χ1) is 11.3. The Bertz CT molecular complexity index is 707. The number of ether oxygens (including phenoxy) is 1. The fourth-order valence-corrected chi connectivity index (χ4v) is 4.03. The number of methoxy groups -OCH3 is 1. The van der Waals surface area contributed by atoms with Crippen LogP contribution in [-0.2, 0) is 0 Å². The fourth-order valence-electron chi connectivity index (χ4n) is 4.03. The van der Waals surface area contributed by atoms with Crippen LogP contribution in [-0.4, -0.2) is 13.7 Å². The Kier molecular flexibility index (Phi) is 3.82. The molecular weight excluding hydrogens is 282 g/mol. The summed E-state index contributed by atoms with van der Waals surface area (Å²) in [5.41, 5.74) is 3.56. The van der Waals surface area contributed by atoms with E-state index >= 15 is 0 Å². The third-order valence-corrected chi connectivity index (χ3v) is 5.28. The predicted molar refractivity (Wildman–Crippen MR) is 95.8 cm³/mol. The Hall–Kier alpha value is -2.22. The number of nitrogens with one attached hydrogen (secondary N) is 1. The van der Waals surface area contributed by atoms with E-state index in [9.17, 15) is 0 Å². The zero-order valence-corrected chi connectivity index (χ0v) is 13.5. The van der Waals surface area contributed by atoms with Gasteiger partial charge in [0.1, 0.15) is 5.75 Å². The molecule has 2 aliphatic carbocycles. The normalized spacial score (nSPS) is 24.8. The molecule has 0 aliphatic heterocycles. The van der Waals surface area contributed by atoms with E-state index in [1.807, 2.05) is 0 Å². The summed E-state index contributed by atoms with van der Waals surface area (Å²) in [6.07, 6.45) is 7.50. The average molecular weight is 305 g/mol. The van der Waals surface area contributed by atoms with Crippen LogP contribution in [0, 0.1) is 17.8 Å². The highest BCUT2D eigenvalue weighted by Gasteiger charge is 2.35. The molecule has 0 heterocycles. The number of fused-ring (bicyclic) bond motifs is 2. The number of anilines is 1. The molecule has 4 rings (SSSR count). The van der Waals surface area contributed by atoms with Gasteiger partial charge in [-0.15, -0.1) is 0 Å². The van der Waals surface area contributed by atoms with Gasteiger partial charge in [0, 0.05) is 6.54 Å². The first-order valence-electron chi connectivity index (χ1n) is 8.49. The van der Waals surface area contributed by atoms with Crippen LogP contribution >= 0.6 is 0 Å². The highest BCUT2D eigenvalue weighted by Crippen LogP contribution is 2.43. The number of allylic oxidation sites excluding steroid dienone is 2. The molecule has 2 heteroatoms. The van der Waals surface area contributed by atoms with Gasteiger partial charge < -0.3 is 10.1 Å². The third kappa shape index (κ3) is 2.86. The van der Waals surface area contributed by atoms with E-state index in [1.165, 1.54) is 24.0 Å². The van der Waals surface area contributed by atoms with Crippen molar-refractivity contribution >= 4 is 5.69 Å². The molecule has 0 unspecified atom stereocenters. The first kappa shape index (κ1) is 14.4. The fraction of sp³-hybridized carbons (Fsp3) is 0.333. The SMILES string of the molecule is COc1ccc(-c2ccccc2)cc1NC[C@H]1C[C@@H]2C=C[C@@H]1C2. The van der Waals surface area contributed by atoms with Crippen LogP contribution < -0.4 is 10.1 Å². The second kappa shape index (κ2) is 6.11. The standard InChI is InChI=1S/C21H23NO/c1-23-21-10-9-18(16-5-3-2-4-6-16)13-20(21)22-14-19-12-15-7-8-17(19)11-15/h2-10,13,15,17,19,22H,11-12,14H2,1H3/t15-,17-,19-/m1/s1. The smallest absolute Gasteiger partial charge is 0.141 e. The van der Waals surface area contributed by atoms with E-state index in [2.05, 4.69) is 66.0 Å². The Morgan fingerprint density at radius 2 is 1.87 bits per heavy atom. The zero-order valence-electron chi connectivity index (χ0n) is 13.5. The average Bonchev–Trinajstić information content (AvgIpc) is 3.23. The number of rotatable bonds is 5. The van der Waals surface area contributed by atoms with Crippen molar-refractivity contribution < 1.29 is 4.74 Å². The molecule has 2 nitrogen and oxygen atoms in total. The van der Waals surface area contributed by atoms with Gasteiger partial charge >= 0.3 is 0 Å². The van der Waals surface area contributed by atoms with Crippen molar-refractivity contribution in [2.24, 2.45) is 17.8 Å². The largest absolute Gasteiger partial charge is 0.495 e. The van der Waals surface area contributed by atoms with Crippen LogP contribution in [0.25, 0.3) is 11.1 Å². The molecule has 3 atom stereocenters. The minimum Gasteiger partial charge on any atom is -0.495 e. The summed E-state index contributed by atoms with van der Waals surface area (Å²) in [4.78, 5) is 0. The lowest BCUT2D eigenvalue weighted by Crippen LogP contribution is -2.18. The minimum absolute atomic E-state index is 0.759. The van der Waals surface area contributed by atoms with Crippen LogP contribution in [0.1, 0.15) is 12.8 Å². The predicted octanol–water partition coefficient (Wildman–Crippen LogP) is 4.99. The van der Waals surface area contributed by atoms with Crippen LogP contribution in [0.2, 0.25) is 0 Å². The molecular formula is C21H23NO. The zero-order chi connectivity index (χ0) is 15.6. The summed E-state index contributed by atoms with van der Waals surface area (Å²) in [6.45, 7) is 1.03. The molecule has 2 aliphatic rings. The Balaban J connectivity index is 1.53. The monoisotopic (exact) mass is 305 g/mol. The van der Waals surface area contributed by atoms with Crippen molar-refractivity contribution in [3.8, 4) is 16.9 Å². The lowest BCUT2D eigenvalue weighted by Gasteiger charge is -2.20. The van der Waals surface area contributed by atoms with Gasteiger partial charge in [-0.05, 0) is 53.9 Å². The maximum Gasteiger partial charge on any atom is 0.141 e. The maximum absolute atomic E-state index is 5.54. The summed E-state index contributed by atoms with van der Waals surface area (Å²) in [5, 5.41) is 3.64. The van der Waals surface area contributed by atoms with Gasteiger partial charge in [0.05, 0.1) is 12.8 Å². The van der Waals surface area contributed by atoms with Gasteiger partial charge in [0.15, 0.2) is 0 Å². The molecule has 0 spiro atoms. The maximum atomic E-state index is 5.54. The van der Waals surface area contributed by atoms with Crippen molar-refractivity contribution in [3.63, 3.8) is 0 Å². The number of hydrogen-bond donors (Lipinski definition) is 1. The van der Waals surface area contributed by atoms with Crippen LogP contribution in [0.15, 0.2) is 60.7 Å². The second-order valence-corrected chi connectivity index (χ2v) is 6.70. The Labute approximate surface area is 138 Å². The minimum atomic E-state index is 0.759. The lowest BCUT2D eigenvalue weighted by molar-refractivity contribution is 0.415. The van der Waals surface area contributed by atoms with E-state index in [4.69, 9.17) is 4.74 Å². The topological polar surface area (TPSA) is 21.3 Å². The highest BCUT2D eigenvalue weighted by molar-refractivity contribution is 5.72. The second-order valence-electron chi connectivity index (χ2n) is 6.70. The Morgan fingerprint density at radius 1 is 1.00 bits per heavy atom. The van der Waals surface area contributed by atoms with Crippen molar-refractivity contribution in [2.45, 2.75) is 12.8 Å². The number of hydrogen-bond acceptors (Lipinski definition) is 2. The molecule has 1 N–H and O–H groups in total. The summed E-state index contributed by atoms with van der Waals surface area (Å²) >= 11 is 0.